The van der Waals surface area contributed by atoms with Crippen LogP contribution in [0.5, 0.6) is 0 Å². The maximum atomic E-state index is 11.9. The van der Waals surface area contributed by atoms with Crippen molar-refractivity contribution in [2.24, 2.45) is 0 Å². The Balaban J connectivity index is 2.53. The molecule has 1 aromatic carbocycles. The number of nitrogens with zero attached hydrogens (tertiary/aromatic N) is 2. The summed E-state index contributed by atoms with van der Waals surface area (Å²) < 4.78 is 16.3. The lowest BCUT2D eigenvalue weighted by Crippen LogP contribution is -2.10. The zero-order valence-corrected chi connectivity index (χ0v) is 13.9. The second-order valence-electron chi connectivity index (χ2n) is 4.43. The van der Waals surface area contributed by atoms with Crippen molar-refractivity contribution in [2.45, 2.75) is 4.90 Å². The molecule has 1 heterocycles. The lowest BCUT2D eigenvalue weighted by atomic mass is 10.1. The number of benzene rings is 1. The second kappa shape index (κ2) is 7.22. The number of anilines is 2. The highest BCUT2D eigenvalue weighted by Crippen LogP contribution is 2.26. The Morgan fingerprint density at radius 1 is 1.43 bits per heavy atom. The lowest BCUT2D eigenvalue weighted by Gasteiger charge is -2.12. The number of rotatable bonds is 4. The first kappa shape index (κ1) is 16.9. The number of nitrogens with one attached hydrogen (secondary N) is 1. The molecular weight excluding hydrogens is 338 g/mol. The summed E-state index contributed by atoms with van der Waals surface area (Å²) in [5.74, 6) is -0.608. The summed E-state index contributed by atoms with van der Waals surface area (Å²) in [5, 5.41) is 12.2. The smallest absolute Gasteiger partial charge is 0.343 e. The Morgan fingerprint density at radius 3 is 2.78 bits per heavy atom. The van der Waals surface area contributed by atoms with Gasteiger partial charge in [-0.2, -0.15) is 5.26 Å². The van der Waals surface area contributed by atoms with E-state index in [9.17, 15) is 14.3 Å². The van der Waals surface area contributed by atoms with Gasteiger partial charge < -0.3 is 10.1 Å². The monoisotopic (exact) mass is 349 g/mol. The molecule has 0 saturated heterocycles. The standard InChI is InChI=1S/C15H12ClN3O3S/c1-22-15(20)13-9(8-17)6-12(16)19-14(13)18-10-4-3-5-11(7-10)23(2)21/h3-7H,1-2H3,(H,18,19). The van der Waals surface area contributed by atoms with Crippen molar-refractivity contribution >= 4 is 39.9 Å². The molecule has 0 saturated carbocycles. The Labute approximate surface area is 140 Å². The summed E-state index contributed by atoms with van der Waals surface area (Å²) >= 11 is 5.89. The van der Waals surface area contributed by atoms with Gasteiger partial charge in [-0.05, 0) is 24.3 Å². The van der Waals surface area contributed by atoms with Crippen molar-refractivity contribution in [3.8, 4) is 6.07 Å². The molecular formula is C15H12ClN3O3S. The number of halogens is 1. The molecule has 1 aromatic heterocycles. The predicted molar refractivity (Wildman–Crippen MR) is 87.4 cm³/mol. The molecule has 2 aromatic rings. The molecule has 0 aliphatic rings. The zero-order valence-electron chi connectivity index (χ0n) is 12.3. The molecule has 6 nitrogen and oxygen atoms in total. The minimum Gasteiger partial charge on any atom is -0.465 e. The largest absolute Gasteiger partial charge is 0.465 e. The van der Waals surface area contributed by atoms with Crippen molar-refractivity contribution in [2.75, 3.05) is 18.7 Å². The highest BCUT2D eigenvalue weighted by Gasteiger charge is 2.20. The number of esters is 1. The number of nitriles is 1. The number of hydrogen-bond acceptors (Lipinski definition) is 6. The number of ether oxygens (including phenoxy) is 1. The minimum absolute atomic E-state index is 0.0116. The van der Waals surface area contributed by atoms with Crippen LogP contribution in [0, 0.1) is 11.3 Å². The van der Waals surface area contributed by atoms with Crippen LogP contribution in [0.25, 0.3) is 0 Å². The van der Waals surface area contributed by atoms with E-state index in [0.29, 0.717) is 10.6 Å². The number of carbonyl (C=O) groups is 1. The fourth-order valence-electron chi connectivity index (χ4n) is 1.89. The van der Waals surface area contributed by atoms with Crippen molar-refractivity contribution in [3.63, 3.8) is 0 Å². The van der Waals surface area contributed by atoms with E-state index in [2.05, 4.69) is 10.3 Å². The van der Waals surface area contributed by atoms with Crippen LogP contribution >= 0.6 is 11.6 Å². The zero-order chi connectivity index (χ0) is 17.0. The first-order valence-corrected chi connectivity index (χ1v) is 8.29. The van der Waals surface area contributed by atoms with Gasteiger partial charge in [-0.1, -0.05) is 17.7 Å². The Hall–Kier alpha value is -2.43. The van der Waals surface area contributed by atoms with Crippen LogP contribution in [0.3, 0.4) is 0 Å². The van der Waals surface area contributed by atoms with E-state index in [-0.39, 0.29) is 22.1 Å². The van der Waals surface area contributed by atoms with Crippen LogP contribution in [0.1, 0.15) is 15.9 Å². The molecule has 0 spiro atoms. The maximum absolute atomic E-state index is 11.9. The van der Waals surface area contributed by atoms with E-state index in [4.69, 9.17) is 16.3 Å². The molecule has 1 unspecified atom stereocenters. The van der Waals surface area contributed by atoms with Gasteiger partial charge in [0.15, 0.2) is 0 Å². The summed E-state index contributed by atoms with van der Waals surface area (Å²) in [6, 6.07) is 9.99. The SMILES string of the molecule is COC(=O)c1c(C#N)cc(Cl)nc1Nc1cccc(S(C)=O)c1. The third kappa shape index (κ3) is 3.86. The Bertz CT molecular complexity index is 833. The first-order chi connectivity index (χ1) is 11.0. The molecule has 0 radical (unpaired) electrons. The van der Waals surface area contributed by atoms with E-state index in [1.165, 1.54) is 13.2 Å². The first-order valence-electron chi connectivity index (χ1n) is 6.35. The fourth-order valence-corrected chi connectivity index (χ4v) is 2.65. The summed E-state index contributed by atoms with van der Waals surface area (Å²) in [4.78, 5) is 16.6. The molecule has 23 heavy (non-hydrogen) atoms. The van der Waals surface area contributed by atoms with E-state index in [1.54, 1.807) is 30.5 Å². The van der Waals surface area contributed by atoms with Crippen LogP contribution in [-0.2, 0) is 15.5 Å². The average Bonchev–Trinajstić information content (AvgIpc) is 2.53. The summed E-state index contributed by atoms with van der Waals surface area (Å²) in [5.41, 5.74) is 0.596. The Morgan fingerprint density at radius 2 is 2.17 bits per heavy atom. The van der Waals surface area contributed by atoms with Gasteiger partial charge in [-0.25, -0.2) is 9.78 Å². The normalized spacial score (nSPS) is 11.4. The third-order valence-electron chi connectivity index (χ3n) is 2.93. The summed E-state index contributed by atoms with van der Waals surface area (Å²) in [6.07, 6.45) is 1.56. The van der Waals surface area contributed by atoms with Gasteiger partial charge in [0, 0.05) is 27.6 Å². The fraction of sp³-hybridized carbons (Fsp3) is 0.133. The molecule has 1 atom stereocenters. The molecule has 0 amide bonds. The van der Waals surface area contributed by atoms with E-state index >= 15 is 0 Å². The molecule has 0 fully saturated rings. The van der Waals surface area contributed by atoms with Gasteiger partial charge in [0.2, 0.25) is 0 Å². The molecule has 8 heteroatoms. The maximum Gasteiger partial charge on any atom is 0.343 e. The number of aromatic nitrogens is 1. The molecule has 0 aliphatic carbocycles. The highest BCUT2D eigenvalue weighted by atomic mass is 35.5. The van der Waals surface area contributed by atoms with Crippen molar-refractivity contribution in [1.82, 2.24) is 4.98 Å². The Kier molecular flexibility index (Phi) is 5.32. The lowest BCUT2D eigenvalue weighted by molar-refractivity contribution is 0.0601. The van der Waals surface area contributed by atoms with Gasteiger partial charge in [0.25, 0.3) is 0 Å². The van der Waals surface area contributed by atoms with E-state index in [0.717, 1.165) is 0 Å². The summed E-state index contributed by atoms with van der Waals surface area (Å²) in [7, 11) is 0.0572. The van der Waals surface area contributed by atoms with Crippen LogP contribution in [0.15, 0.2) is 35.2 Å². The van der Waals surface area contributed by atoms with Gasteiger partial charge in [0.1, 0.15) is 22.6 Å². The van der Waals surface area contributed by atoms with Crippen LogP contribution < -0.4 is 5.32 Å². The van der Waals surface area contributed by atoms with Crippen LogP contribution in [0.2, 0.25) is 5.15 Å². The second-order valence-corrected chi connectivity index (χ2v) is 6.19. The third-order valence-corrected chi connectivity index (χ3v) is 4.04. The molecule has 118 valence electrons. The van der Waals surface area contributed by atoms with Gasteiger partial charge >= 0.3 is 5.97 Å². The predicted octanol–water partition coefficient (Wildman–Crippen LogP) is 2.87. The van der Waals surface area contributed by atoms with Gasteiger partial charge in [0.05, 0.1) is 12.7 Å². The number of carbonyl (C=O) groups excluding carboxylic acids is 1. The molecule has 1 N–H and O–H groups in total. The van der Waals surface area contributed by atoms with Crippen molar-refractivity contribution in [3.05, 3.63) is 46.6 Å². The molecule has 0 bridgehead atoms. The quantitative estimate of drug-likeness (QED) is 0.674. The molecule has 2 rings (SSSR count). The van der Waals surface area contributed by atoms with Crippen molar-refractivity contribution < 1.29 is 13.7 Å². The molecule has 0 aliphatic heterocycles. The number of pyridine rings is 1. The minimum atomic E-state index is -1.15. The van der Waals surface area contributed by atoms with Crippen LogP contribution in [0.4, 0.5) is 11.5 Å². The van der Waals surface area contributed by atoms with Crippen molar-refractivity contribution in [1.29, 1.82) is 5.26 Å². The van der Waals surface area contributed by atoms with Crippen LogP contribution in [-0.4, -0.2) is 28.5 Å². The summed E-state index contributed by atoms with van der Waals surface area (Å²) in [6.45, 7) is 0. The van der Waals surface area contributed by atoms with Gasteiger partial charge in [-0.3, -0.25) is 4.21 Å². The van der Waals surface area contributed by atoms with Gasteiger partial charge in [-0.15, -0.1) is 0 Å². The topological polar surface area (TPSA) is 92.1 Å². The highest BCUT2D eigenvalue weighted by molar-refractivity contribution is 7.84. The number of methoxy groups -OCH3 is 1. The average molecular weight is 350 g/mol. The number of hydrogen-bond donors (Lipinski definition) is 1. The van der Waals surface area contributed by atoms with E-state index < -0.39 is 16.8 Å². The van der Waals surface area contributed by atoms with E-state index in [1.807, 2.05) is 6.07 Å².